The highest BCUT2D eigenvalue weighted by atomic mass is 35.5. The Morgan fingerprint density at radius 1 is 0.947 bits per heavy atom. The van der Waals surface area contributed by atoms with Crippen LogP contribution in [0, 0.1) is 0 Å². The first-order valence-corrected chi connectivity index (χ1v) is 6.85. The van der Waals surface area contributed by atoms with Gasteiger partial charge in [0.25, 0.3) is 0 Å². The molecule has 1 unspecified atom stereocenters. The Kier molecular flexibility index (Phi) is 3.54. The molecule has 0 aromatic heterocycles. The molecule has 0 saturated heterocycles. The summed E-state index contributed by atoms with van der Waals surface area (Å²) in [6.45, 7) is 1.15. The molecule has 0 radical (unpaired) electrons. The summed E-state index contributed by atoms with van der Waals surface area (Å²) in [5, 5.41) is 0.363. The van der Waals surface area contributed by atoms with Gasteiger partial charge in [-0.05, 0) is 29.3 Å². The van der Waals surface area contributed by atoms with Crippen molar-refractivity contribution in [2.45, 2.75) is 5.38 Å². The normalized spacial score (nSPS) is 15.1. The van der Waals surface area contributed by atoms with E-state index in [0.29, 0.717) is 18.2 Å². The van der Waals surface area contributed by atoms with Crippen LogP contribution in [-0.2, 0) is 0 Å². The molecule has 3 rings (SSSR count). The molecule has 0 fully saturated rings. The molecular formula is C15H12Cl2O2. The lowest BCUT2D eigenvalue weighted by molar-refractivity contribution is 0.171. The largest absolute Gasteiger partial charge is 0.486 e. The monoisotopic (exact) mass is 294 g/mol. The molecule has 19 heavy (non-hydrogen) atoms. The van der Waals surface area contributed by atoms with E-state index in [0.717, 1.165) is 22.6 Å². The van der Waals surface area contributed by atoms with Gasteiger partial charge in [-0.25, -0.2) is 0 Å². The van der Waals surface area contributed by atoms with Crippen molar-refractivity contribution in [1.29, 1.82) is 0 Å². The van der Waals surface area contributed by atoms with Crippen molar-refractivity contribution in [3.05, 3.63) is 58.6 Å². The predicted molar refractivity (Wildman–Crippen MR) is 76.6 cm³/mol. The van der Waals surface area contributed by atoms with Crippen molar-refractivity contribution >= 4 is 23.2 Å². The fraction of sp³-hybridized carbons (Fsp3) is 0.200. The Morgan fingerprint density at radius 2 is 1.68 bits per heavy atom. The van der Waals surface area contributed by atoms with E-state index < -0.39 is 0 Å². The van der Waals surface area contributed by atoms with Crippen molar-refractivity contribution in [2.24, 2.45) is 0 Å². The quantitative estimate of drug-likeness (QED) is 0.763. The van der Waals surface area contributed by atoms with Gasteiger partial charge in [-0.15, -0.1) is 11.6 Å². The Morgan fingerprint density at radius 3 is 2.47 bits per heavy atom. The highest BCUT2D eigenvalue weighted by molar-refractivity contribution is 6.33. The van der Waals surface area contributed by atoms with Crippen molar-refractivity contribution in [3.8, 4) is 11.5 Å². The SMILES string of the molecule is Clc1ccccc1C(Cl)c1ccc2c(c1)OCCO2. The molecule has 0 amide bonds. The van der Waals surface area contributed by atoms with Crippen LogP contribution < -0.4 is 9.47 Å². The third-order valence-corrected chi connectivity index (χ3v) is 3.87. The fourth-order valence-corrected chi connectivity index (χ4v) is 2.70. The summed E-state index contributed by atoms with van der Waals surface area (Å²) >= 11 is 12.7. The first kappa shape index (κ1) is 12.6. The van der Waals surface area contributed by atoms with Crippen LogP contribution in [0.3, 0.4) is 0 Å². The van der Waals surface area contributed by atoms with E-state index >= 15 is 0 Å². The molecule has 0 aliphatic carbocycles. The Balaban J connectivity index is 1.96. The topological polar surface area (TPSA) is 18.5 Å². The summed E-state index contributed by atoms with van der Waals surface area (Å²) in [6, 6.07) is 13.3. The number of ether oxygens (including phenoxy) is 2. The van der Waals surface area contributed by atoms with Crippen LogP contribution in [0.1, 0.15) is 16.5 Å². The molecule has 0 spiro atoms. The average molecular weight is 295 g/mol. The maximum atomic E-state index is 6.50. The van der Waals surface area contributed by atoms with E-state index in [1.807, 2.05) is 42.5 Å². The third-order valence-electron chi connectivity index (χ3n) is 3.04. The molecule has 1 aliphatic heterocycles. The lowest BCUT2D eigenvalue weighted by atomic mass is 10.0. The third kappa shape index (κ3) is 2.51. The van der Waals surface area contributed by atoms with E-state index in [9.17, 15) is 0 Å². The highest BCUT2D eigenvalue weighted by Gasteiger charge is 2.18. The minimum absolute atomic E-state index is 0.301. The van der Waals surface area contributed by atoms with Crippen LogP contribution in [0.2, 0.25) is 5.02 Å². The van der Waals surface area contributed by atoms with Crippen LogP contribution >= 0.6 is 23.2 Å². The summed E-state index contributed by atoms with van der Waals surface area (Å²) in [6.07, 6.45) is 0. The molecule has 2 aromatic rings. The molecule has 98 valence electrons. The number of halogens is 2. The minimum Gasteiger partial charge on any atom is -0.486 e. The zero-order valence-corrected chi connectivity index (χ0v) is 11.6. The second-order valence-corrected chi connectivity index (χ2v) is 5.13. The summed E-state index contributed by atoms with van der Waals surface area (Å²) in [5.41, 5.74) is 1.83. The average Bonchev–Trinajstić information content (AvgIpc) is 2.46. The molecule has 0 N–H and O–H groups in total. The van der Waals surface area contributed by atoms with Crippen LogP contribution in [0.25, 0.3) is 0 Å². The first-order chi connectivity index (χ1) is 9.25. The van der Waals surface area contributed by atoms with E-state index in [4.69, 9.17) is 32.7 Å². The van der Waals surface area contributed by atoms with Gasteiger partial charge < -0.3 is 9.47 Å². The number of alkyl halides is 1. The van der Waals surface area contributed by atoms with Crippen LogP contribution in [0.15, 0.2) is 42.5 Å². The Labute approximate surface area is 121 Å². The molecule has 4 heteroatoms. The van der Waals surface area contributed by atoms with Gasteiger partial charge >= 0.3 is 0 Å². The van der Waals surface area contributed by atoms with Gasteiger partial charge in [-0.3, -0.25) is 0 Å². The standard InChI is InChI=1S/C15H12Cl2O2/c16-12-4-2-1-3-11(12)15(17)10-5-6-13-14(9-10)19-8-7-18-13/h1-6,9,15H,7-8H2. The predicted octanol–water partition coefficient (Wildman–Crippen LogP) is 4.44. The van der Waals surface area contributed by atoms with Gasteiger partial charge in [0, 0.05) is 5.02 Å². The van der Waals surface area contributed by atoms with E-state index in [1.165, 1.54) is 0 Å². The molecule has 1 aliphatic rings. The highest BCUT2D eigenvalue weighted by Crippen LogP contribution is 2.38. The molecule has 2 aromatic carbocycles. The molecule has 0 bridgehead atoms. The van der Waals surface area contributed by atoms with E-state index in [1.54, 1.807) is 0 Å². The van der Waals surface area contributed by atoms with Gasteiger partial charge in [0.2, 0.25) is 0 Å². The van der Waals surface area contributed by atoms with Crippen LogP contribution in [0.5, 0.6) is 11.5 Å². The zero-order chi connectivity index (χ0) is 13.2. The maximum Gasteiger partial charge on any atom is 0.161 e. The molecular weight excluding hydrogens is 283 g/mol. The smallest absolute Gasteiger partial charge is 0.161 e. The number of rotatable bonds is 2. The van der Waals surface area contributed by atoms with Gasteiger partial charge in [0.1, 0.15) is 13.2 Å². The maximum absolute atomic E-state index is 6.50. The minimum atomic E-state index is -0.301. The number of benzene rings is 2. The second-order valence-electron chi connectivity index (χ2n) is 4.29. The second kappa shape index (κ2) is 5.32. The molecule has 2 nitrogen and oxygen atoms in total. The fourth-order valence-electron chi connectivity index (χ4n) is 2.08. The van der Waals surface area contributed by atoms with Crippen molar-refractivity contribution < 1.29 is 9.47 Å². The van der Waals surface area contributed by atoms with E-state index in [2.05, 4.69) is 0 Å². The summed E-state index contributed by atoms with van der Waals surface area (Å²) in [7, 11) is 0. The zero-order valence-electron chi connectivity index (χ0n) is 10.1. The van der Waals surface area contributed by atoms with Gasteiger partial charge in [-0.1, -0.05) is 35.9 Å². The molecule has 1 atom stereocenters. The number of fused-ring (bicyclic) bond motifs is 1. The lowest BCUT2D eigenvalue weighted by Gasteiger charge is -2.20. The summed E-state index contributed by atoms with van der Waals surface area (Å²) in [5.74, 6) is 1.50. The van der Waals surface area contributed by atoms with Crippen LogP contribution in [-0.4, -0.2) is 13.2 Å². The first-order valence-electron chi connectivity index (χ1n) is 6.04. The van der Waals surface area contributed by atoms with Crippen molar-refractivity contribution in [3.63, 3.8) is 0 Å². The summed E-state index contributed by atoms with van der Waals surface area (Å²) < 4.78 is 11.1. The van der Waals surface area contributed by atoms with Gasteiger partial charge in [0.15, 0.2) is 11.5 Å². The van der Waals surface area contributed by atoms with E-state index in [-0.39, 0.29) is 5.38 Å². The number of hydrogen-bond acceptors (Lipinski definition) is 2. The number of hydrogen-bond donors (Lipinski definition) is 0. The molecule has 0 saturated carbocycles. The Bertz CT molecular complexity index is 598. The molecule has 1 heterocycles. The van der Waals surface area contributed by atoms with Gasteiger partial charge in [0.05, 0.1) is 5.38 Å². The Hall–Kier alpha value is -1.38. The van der Waals surface area contributed by atoms with Crippen LogP contribution in [0.4, 0.5) is 0 Å². The van der Waals surface area contributed by atoms with Crippen molar-refractivity contribution in [2.75, 3.05) is 13.2 Å². The van der Waals surface area contributed by atoms with Gasteiger partial charge in [-0.2, -0.15) is 0 Å². The lowest BCUT2D eigenvalue weighted by Crippen LogP contribution is -2.15. The summed E-state index contributed by atoms with van der Waals surface area (Å²) in [4.78, 5) is 0. The van der Waals surface area contributed by atoms with Crippen molar-refractivity contribution in [1.82, 2.24) is 0 Å².